The van der Waals surface area contributed by atoms with E-state index in [9.17, 15) is 0 Å². The normalized spacial score (nSPS) is 12.7. The monoisotopic (exact) mass is 293 g/mol. The second-order valence-corrected chi connectivity index (χ2v) is 5.06. The molecular weight excluding hydrogens is 278 g/mol. The van der Waals surface area contributed by atoms with Gasteiger partial charge in [-0.15, -0.1) is 0 Å². The molecule has 0 aliphatic carbocycles. The first kappa shape index (κ1) is 13.1. The van der Waals surface area contributed by atoms with E-state index in [0.29, 0.717) is 17.3 Å². The maximum absolute atomic E-state index is 6.21. The third kappa shape index (κ3) is 2.67. The number of aromatic nitrogens is 2. The lowest BCUT2D eigenvalue weighted by Crippen LogP contribution is -2.00. The minimum Gasteiger partial charge on any atom is -0.454 e. The van der Waals surface area contributed by atoms with Crippen molar-refractivity contribution in [3.05, 3.63) is 35.1 Å². The summed E-state index contributed by atoms with van der Waals surface area (Å²) >= 11 is 6.21. The van der Waals surface area contributed by atoms with Crippen LogP contribution in [0.15, 0.2) is 24.5 Å². The summed E-state index contributed by atoms with van der Waals surface area (Å²) in [7, 11) is 0. The maximum atomic E-state index is 6.21. The Labute approximate surface area is 122 Å². The van der Waals surface area contributed by atoms with E-state index in [1.807, 2.05) is 23.1 Å². The number of benzene rings is 1. The van der Waals surface area contributed by atoms with Crippen molar-refractivity contribution in [1.82, 2.24) is 9.78 Å². The lowest BCUT2D eigenvalue weighted by molar-refractivity contribution is 0.174. The first-order valence-corrected chi connectivity index (χ1v) is 6.98. The summed E-state index contributed by atoms with van der Waals surface area (Å²) in [5.74, 6) is 1.41. The van der Waals surface area contributed by atoms with Gasteiger partial charge in [-0.1, -0.05) is 18.5 Å². The van der Waals surface area contributed by atoms with Crippen LogP contribution < -0.4 is 14.8 Å². The van der Waals surface area contributed by atoms with Gasteiger partial charge in [0.05, 0.1) is 16.9 Å². The van der Waals surface area contributed by atoms with E-state index in [-0.39, 0.29) is 6.79 Å². The summed E-state index contributed by atoms with van der Waals surface area (Å²) in [6, 6.07) is 3.63. The van der Waals surface area contributed by atoms with Crippen LogP contribution in [0.4, 0.5) is 5.69 Å². The van der Waals surface area contributed by atoms with E-state index < -0.39 is 0 Å². The molecule has 0 bridgehead atoms. The van der Waals surface area contributed by atoms with Crippen LogP contribution in [0.2, 0.25) is 5.02 Å². The van der Waals surface area contributed by atoms with Gasteiger partial charge in [0.1, 0.15) is 0 Å². The highest BCUT2D eigenvalue weighted by atomic mass is 35.5. The fraction of sp³-hybridized carbons (Fsp3) is 0.357. The molecule has 1 aromatic heterocycles. The smallest absolute Gasteiger partial charge is 0.231 e. The summed E-state index contributed by atoms with van der Waals surface area (Å²) < 4.78 is 12.6. The quantitative estimate of drug-likeness (QED) is 0.919. The highest BCUT2D eigenvalue weighted by Crippen LogP contribution is 2.39. The zero-order chi connectivity index (χ0) is 13.9. The van der Waals surface area contributed by atoms with Gasteiger partial charge in [-0.3, -0.25) is 4.68 Å². The standard InChI is InChI=1S/C14H16ClN3O2/c1-2-3-18-8-10(7-17-18)6-16-12-5-14-13(4-11(12)15)19-9-20-14/h4-5,7-8,16H,2-3,6,9H2,1H3. The number of aryl methyl sites for hydroxylation is 1. The van der Waals surface area contributed by atoms with Crippen LogP contribution >= 0.6 is 11.6 Å². The summed E-state index contributed by atoms with van der Waals surface area (Å²) in [6.45, 7) is 3.98. The number of anilines is 1. The number of rotatable bonds is 5. The van der Waals surface area contributed by atoms with Crippen molar-refractivity contribution in [2.24, 2.45) is 0 Å². The fourth-order valence-corrected chi connectivity index (χ4v) is 2.32. The molecule has 2 aromatic rings. The Morgan fingerprint density at radius 3 is 2.95 bits per heavy atom. The predicted molar refractivity (Wildman–Crippen MR) is 77.4 cm³/mol. The number of hydrogen-bond donors (Lipinski definition) is 1. The van der Waals surface area contributed by atoms with Crippen molar-refractivity contribution < 1.29 is 9.47 Å². The molecule has 106 valence electrons. The predicted octanol–water partition coefficient (Wildman–Crippen LogP) is 3.29. The Hall–Kier alpha value is -1.88. The van der Waals surface area contributed by atoms with Gasteiger partial charge in [-0.25, -0.2) is 0 Å². The van der Waals surface area contributed by atoms with Crippen LogP contribution in [0.5, 0.6) is 11.5 Å². The number of nitrogens with one attached hydrogen (secondary N) is 1. The molecule has 5 nitrogen and oxygen atoms in total. The summed E-state index contributed by atoms with van der Waals surface area (Å²) in [4.78, 5) is 0. The zero-order valence-electron chi connectivity index (χ0n) is 11.2. The highest BCUT2D eigenvalue weighted by molar-refractivity contribution is 6.33. The molecule has 0 atom stereocenters. The Bertz CT molecular complexity index is 612. The van der Waals surface area contributed by atoms with Crippen LogP contribution in [0, 0.1) is 0 Å². The van der Waals surface area contributed by atoms with Gasteiger partial charge >= 0.3 is 0 Å². The third-order valence-electron chi connectivity index (χ3n) is 3.08. The second-order valence-electron chi connectivity index (χ2n) is 4.65. The molecule has 3 rings (SSSR count). The SMILES string of the molecule is CCCn1cc(CNc2cc3c(cc2Cl)OCO3)cn1. The van der Waals surface area contributed by atoms with Crippen molar-refractivity contribution in [1.29, 1.82) is 0 Å². The van der Waals surface area contributed by atoms with E-state index in [2.05, 4.69) is 17.3 Å². The Morgan fingerprint density at radius 1 is 1.35 bits per heavy atom. The van der Waals surface area contributed by atoms with E-state index in [1.54, 1.807) is 6.07 Å². The van der Waals surface area contributed by atoms with E-state index >= 15 is 0 Å². The average molecular weight is 294 g/mol. The fourth-order valence-electron chi connectivity index (χ4n) is 2.10. The van der Waals surface area contributed by atoms with Crippen LogP contribution in [-0.4, -0.2) is 16.6 Å². The number of ether oxygens (including phenoxy) is 2. The molecule has 1 aliphatic rings. The molecular formula is C14H16ClN3O2. The van der Waals surface area contributed by atoms with Crippen LogP contribution in [-0.2, 0) is 13.1 Å². The van der Waals surface area contributed by atoms with Gasteiger partial charge in [-0.05, 0) is 6.42 Å². The van der Waals surface area contributed by atoms with Crippen molar-refractivity contribution in [3.8, 4) is 11.5 Å². The molecule has 0 spiro atoms. The van der Waals surface area contributed by atoms with Gasteiger partial charge in [0, 0.05) is 37.0 Å². The first-order chi connectivity index (χ1) is 9.76. The maximum Gasteiger partial charge on any atom is 0.231 e. The molecule has 1 aromatic carbocycles. The van der Waals surface area contributed by atoms with Gasteiger partial charge in [0.15, 0.2) is 11.5 Å². The van der Waals surface area contributed by atoms with Gasteiger partial charge in [0.2, 0.25) is 6.79 Å². The molecule has 0 saturated heterocycles. The molecule has 2 heterocycles. The molecule has 0 unspecified atom stereocenters. The molecule has 1 aliphatic heterocycles. The van der Waals surface area contributed by atoms with Gasteiger partial charge in [-0.2, -0.15) is 5.10 Å². The third-order valence-corrected chi connectivity index (χ3v) is 3.40. The molecule has 20 heavy (non-hydrogen) atoms. The van der Waals surface area contributed by atoms with Crippen LogP contribution in [0.25, 0.3) is 0 Å². The number of nitrogens with zero attached hydrogens (tertiary/aromatic N) is 2. The average Bonchev–Trinajstić information content (AvgIpc) is 3.05. The van der Waals surface area contributed by atoms with Crippen LogP contribution in [0.1, 0.15) is 18.9 Å². The largest absolute Gasteiger partial charge is 0.454 e. The van der Waals surface area contributed by atoms with Crippen molar-refractivity contribution in [2.75, 3.05) is 12.1 Å². The summed E-state index contributed by atoms with van der Waals surface area (Å²) in [6.07, 6.45) is 4.98. The van der Waals surface area contributed by atoms with Gasteiger partial charge in [0.25, 0.3) is 0 Å². The topological polar surface area (TPSA) is 48.3 Å². The second kappa shape index (κ2) is 5.63. The molecule has 0 saturated carbocycles. The Balaban J connectivity index is 1.68. The number of fused-ring (bicyclic) bond motifs is 1. The van der Waals surface area contributed by atoms with E-state index in [4.69, 9.17) is 21.1 Å². The molecule has 1 N–H and O–H groups in total. The molecule has 0 amide bonds. The summed E-state index contributed by atoms with van der Waals surface area (Å²) in [5.41, 5.74) is 1.95. The van der Waals surface area contributed by atoms with Gasteiger partial charge < -0.3 is 14.8 Å². The van der Waals surface area contributed by atoms with Crippen molar-refractivity contribution >= 4 is 17.3 Å². The molecule has 6 heteroatoms. The first-order valence-electron chi connectivity index (χ1n) is 6.60. The number of halogens is 1. The number of hydrogen-bond acceptors (Lipinski definition) is 4. The zero-order valence-corrected chi connectivity index (χ0v) is 12.0. The molecule has 0 radical (unpaired) electrons. The van der Waals surface area contributed by atoms with Crippen LogP contribution in [0.3, 0.4) is 0 Å². The minimum absolute atomic E-state index is 0.249. The van der Waals surface area contributed by atoms with Crippen molar-refractivity contribution in [3.63, 3.8) is 0 Å². The summed E-state index contributed by atoms with van der Waals surface area (Å²) in [5, 5.41) is 8.21. The van der Waals surface area contributed by atoms with E-state index in [0.717, 1.165) is 30.0 Å². The minimum atomic E-state index is 0.249. The van der Waals surface area contributed by atoms with E-state index in [1.165, 1.54) is 0 Å². The lowest BCUT2D eigenvalue weighted by atomic mass is 10.2. The molecule has 0 fully saturated rings. The lowest BCUT2D eigenvalue weighted by Gasteiger charge is -2.08. The Kier molecular flexibility index (Phi) is 3.69. The highest BCUT2D eigenvalue weighted by Gasteiger charge is 2.16. The van der Waals surface area contributed by atoms with Crippen molar-refractivity contribution in [2.45, 2.75) is 26.4 Å². The Morgan fingerprint density at radius 2 is 2.15 bits per heavy atom.